The van der Waals surface area contributed by atoms with Crippen molar-refractivity contribution in [3.63, 3.8) is 0 Å². The van der Waals surface area contributed by atoms with Gasteiger partial charge in [0.2, 0.25) is 5.89 Å². The normalized spacial score (nSPS) is 15.8. The Hall–Kier alpha value is -3.23. The van der Waals surface area contributed by atoms with E-state index in [2.05, 4.69) is 37.9 Å². The third kappa shape index (κ3) is 3.34. The smallest absolute Gasteiger partial charge is 0.231 e. The number of nitrogens with two attached hydrogens (primary N) is 1. The second-order valence-electron chi connectivity index (χ2n) is 7.84. The largest absolute Gasteiger partial charge is 0.436 e. The number of fused-ring (bicyclic) bond motifs is 1. The molecular formula is C22H24N6O2. The summed E-state index contributed by atoms with van der Waals surface area (Å²) < 4.78 is 8.00. The van der Waals surface area contributed by atoms with Crippen LogP contribution >= 0.6 is 0 Å². The van der Waals surface area contributed by atoms with E-state index in [1.165, 1.54) is 0 Å². The van der Waals surface area contributed by atoms with Crippen LogP contribution in [0.15, 0.2) is 47.3 Å². The second-order valence-corrected chi connectivity index (χ2v) is 7.84. The number of rotatable bonds is 4. The highest BCUT2D eigenvalue weighted by Crippen LogP contribution is 2.33. The van der Waals surface area contributed by atoms with Gasteiger partial charge in [-0.25, -0.2) is 9.97 Å². The van der Waals surface area contributed by atoms with Crippen molar-refractivity contribution in [1.82, 2.24) is 24.6 Å². The lowest BCUT2D eigenvalue weighted by atomic mass is 10.1. The molecule has 3 N–H and O–H groups in total. The van der Waals surface area contributed by atoms with E-state index in [-0.39, 0.29) is 6.61 Å². The lowest BCUT2D eigenvalue weighted by molar-refractivity contribution is 0.212. The summed E-state index contributed by atoms with van der Waals surface area (Å²) in [7, 11) is 2.15. The number of pyridine rings is 1. The van der Waals surface area contributed by atoms with Crippen LogP contribution in [-0.4, -0.2) is 49.9 Å². The van der Waals surface area contributed by atoms with Crippen molar-refractivity contribution in [3.05, 3.63) is 48.4 Å². The van der Waals surface area contributed by atoms with Gasteiger partial charge in [0.25, 0.3) is 0 Å². The van der Waals surface area contributed by atoms with Gasteiger partial charge in [0.15, 0.2) is 5.58 Å². The van der Waals surface area contributed by atoms with Gasteiger partial charge in [-0.1, -0.05) is 12.1 Å². The molecule has 4 aromatic rings. The Kier molecular flexibility index (Phi) is 4.72. The van der Waals surface area contributed by atoms with E-state index in [1.807, 2.05) is 30.5 Å². The number of aromatic nitrogens is 4. The zero-order chi connectivity index (χ0) is 20.7. The second kappa shape index (κ2) is 7.55. The molecule has 0 saturated carbocycles. The van der Waals surface area contributed by atoms with Crippen LogP contribution < -0.4 is 5.73 Å². The Morgan fingerprint density at radius 2 is 2.03 bits per heavy atom. The Balaban J connectivity index is 1.49. The maximum Gasteiger partial charge on any atom is 0.231 e. The number of oxazole rings is 1. The lowest BCUT2D eigenvalue weighted by Crippen LogP contribution is -2.31. The highest BCUT2D eigenvalue weighted by atomic mass is 16.3. The number of anilines is 1. The number of hydrogen-bond donors (Lipinski definition) is 2. The molecule has 5 rings (SSSR count). The number of aliphatic hydroxyl groups is 1. The number of benzene rings is 1. The summed E-state index contributed by atoms with van der Waals surface area (Å²) in [6.07, 6.45) is 7.88. The molecule has 0 aliphatic carbocycles. The quantitative estimate of drug-likeness (QED) is 0.538. The molecule has 1 aromatic carbocycles. The van der Waals surface area contributed by atoms with Crippen molar-refractivity contribution in [1.29, 1.82) is 0 Å². The molecule has 8 nitrogen and oxygen atoms in total. The molecular weight excluding hydrogens is 380 g/mol. The molecule has 1 saturated heterocycles. The predicted octanol–water partition coefficient (Wildman–Crippen LogP) is 3.09. The SMILES string of the molecule is CN1CCC(n2cc(-c3cnc(N)c(-c4nc5cccc(CO)c5o4)c3)cn2)CC1. The van der Waals surface area contributed by atoms with Gasteiger partial charge in [-0.15, -0.1) is 0 Å². The Morgan fingerprint density at radius 3 is 2.83 bits per heavy atom. The lowest BCUT2D eigenvalue weighted by Gasteiger charge is -2.28. The van der Waals surface area contributed by atoms with Gasteiger partial charge in [0.05, 0.1) is 24.4 Å². The van der Waals surface area contributed by atoms with E-state index < -0.39 is 0 Å². The molecule has 0 bridgehead atoms. The fraction of sp³-hybridized carbons (Fsp3) is 0.318. The van der Waals surface area contributed by atoms with Crippen LogP contribution in [0.25, 0.3) is 33.7 Å². The fourth-order valence-electron chi connectivity index (χ4n) is 4.00. The van der Waals surface area contributed by atoms with Crippen molar-refractivity contribution in [2.24, 2.45) is 0 Å². The van der Waals surface area contributed by atoms with Crippen molar-refractivity contribution >= 4 is 16.9 Å². The van der Waals surface area contributed by atoms with Crippen molar-refractivity contribution < 1.29 is 9.52 Å². The number of nitrogens with zero attached hydrogens (tertiary/aromatic N) is 5. The standard InChI is InChI=1S/C22H24N6O2/c1-27-7-5-17(6-8-27)28-12-16(11-25-28)15-9-18(21(23)24-10-15)22-26-19-4-2-3-14(13-29)20(19)30-22/h2-4,9-12,17,29H,5-8,13H2,1H3,(H2,23,24). The molecule has 1 aliphatic rings. The summed E-state index contributed by atoms with van der Waals surface area (Å²) >= 11 is 0. The zero-order valence-electron chi connectivity index (χ0n) is 16.8. The maximum absolute atomic E-state index is 9.55. The van der Waals surface area contributed by atoms with Crippen LogP contribution in [0.3, 0.4) is 0 Å². The number of piperidine rings is 1. The van der Waals surface area contributed by atoms with Gasteiger partial charge in [0.1, 0.15) is 11.3 Å². The molecule has 1 aliphatic heterocycles. The van der Waals surface area contributed by atoms with Crippen molar-refractivity contribution in [2.75, 3.05) is 25.9 Å². The first-order chi connectivity index (χ1) is 14.6. The number of para-hydroxylation sites is 1. The average Bonchev–Trinajstić information content (AvgIpc) is 3.42. The summed E-state index contributed by atoms with van der Waals surface area (Å²) in [6.45, 7) is 2.05. The maximum atomic E-state index is 9.55. The van der Waals surface area contributed by atoms with Crippen molar-refractivity contribution in [3.8, 4) is 22.6 Å². The number of aliphatic hydroxyl groups excluding tert-OH is 1. The molecule has 0 unspecified atom stereocenters. The van der Waals surface area contributed by atoms with Gasteiger partial charge >= 0.3 is 0 Å². The van der Waals surface area contributed by atoms with Gasteiger partial charge in [-0.3, -0.25) is 4.68 Å². The van der Waals surface area contributed by atoms with Gasteiger partial charge in [-0.05, 0) is 45.1 Å². The van der Waals surface area contributed by atoms with Crippen LogP contribution in [0.5, 0.6) is 0 Å². The summed E-state index contributed by atoms with van der Waals surface area (Å²) in [5.41, 5.74) is 10.6. The number of likely N-dealkylation sites (tertiary alicyclic amines) is 1. The fourth-order valence-corrected chi connectivity index (χ4v) is 4.00. The van der Waals surface area contributed by atoms with E-state index >= 15 is 0 Å². The van der Waals surface area contributed by atoms with Crippen LogP contribution in [-0.2, 0) is 6.61 Å². The Bertz CT molecular complexity index is 1190. The first-order valence-electron chi connectivity index (χ1n) is 10.1. The Morgan fingerprint density at radius 1 is 1.20 bits per heavy atom. The average molecular weight is 404 g/mol. The van der Waals surface area contributed by atoms with Crippen LogP contribution in [0, 0.1) is 0 Å². The summed E-state index contributed by atoms with van der Waals surface area (Å²) in [6, 6.07) is 7.86. The first kappa shape index (κ1) is 18.8. The molecule has 0 radical (unpaired) electrons. The van der Waals surface area contributed by atoms with E-state index in [0.717, 1.165) is 37.1 Å². The summed E-state index contributed by atoms with van der Waals surface area (Å²) in [5, 5.41) is 14.1. The van der Waals surface area contributed by atoms with E-state index in [4.69, 9.17) is 10.2 Å². The molecule has 3 aromatic heterocycles. The number of nitrogen functional groups attached to an aromatic ring is 1. The third-order valence-corrected chi connectivity index (χ3v) is 5.81. The minimum Gasteiger partial charge on any atom is -0.436 e. The Labute approximate surface area is 174 Å². The molecule has 4 heterocycles. The van der Waals surface area contributed by atoms with Gasteiger partial charge < -0.3 is 20.2 Å². The highest BCUT2D eigenvalue weighted by molar-refractivity contribution is 5.82. The van der Waals surface area contributed by atoms with Crippen LogP contribution in [0.4, 0.5) is 5.82 Å². The molecule has 30 heavy (non-hydrogen) atoms. The molecule has 1 fully saturated rings. The van der Waals surface area contributed by atoms with Gasteiger partial charge in [0, 0.05) is 29.1 Å². The molecule has 0 spiro atoms. The van der Waals surface area contributed by atoms with Crippen molar-refractivity contribution in [2.45, 2.75) is 25.5 Å². The minimum atomic E-state index is -0.115. The summed E-state index contributed by atoms with van der Waals surface area (Å²) in [4.78, 5) is 11.3. The van der Waals surface area contributed by atoms with Crippen LogP contribution in [0.1, 0.15) is 24.4 Å². The van der Waals surface area contributed by atoms with E-state index in [0.29, 0.717) is 40.0 Å². The topological polar surface area (TPSA) is 106 Å². The monoisotopic (exact) mass is 404 g/mol. The zero-order valence-corrected chi connectivity index (χ0v) is 16.8. The number of hydrogen-bond acceptors (Lipinski definition) is 7. The molecule has 0 amide bonds. The van der Waals surface area contributed by atoms with Gasteiger partial charge in [-0.2, -0.15) is 5.10 Å². The predicted molar refractivity (Wildman–Crippen MR) is 115 cm³/mol. The van der Waals surface area contributed by atoms with E-state index in [1.54, 1.807) is 6.20 Å². The first-order valence-corrected chi connectivity index (χ1v) is 10.1. The molecule has 154 valence electrons. The molecule has 0 atom stereocenters. The van der Waals surface area contributed by atoms with Crippen LogP contribution in [0.2, 0.25) is 0 Å². The third-order valence-electron chi connectivity index (χ3n) is 5.81. The molecule has 8 heteroatoms. The highest BCUT2D eigenvalue weighted by Gasteiger charge is 2.20. The minimum absolute atomic E-state index is 0.115. The summed E-state index contributed by atoms with van der Waals surface area (Å²) in [5.74, 6) is 0.735. The van der Waals surface area contributed by atoms with E-state index in [9.17, 15) is 5.11 Å².